The van der Waals surface area contributed by atoms with E-state index >= 15 is 0 Å². The van der Waals surface area contributed by atoms with E-state index in [1.807, 2.05) is 25.2 Å². The zero-order chi connectivity index (χ0) is 20.2. The second kappa shape index (κ2) is 6.68. The molecule has 1 aromatic carbocycles. The standard InChI is InChI=1S/C22H21ClN4O2/c1-22(2)9-14-15(11-28-22)20(27(3)10-13-7-5-4-6-8-13)26-21-16(14)17-18(29-21)19(23)25-12-24-17/h4-8,12H,9-11H2,1-3H3. The van der Waals surface area contributed by atoms with Crippen molar-refractivity contribution in [2.24, 2.45) is 0 Å². The van der Waals surface area contributed by atoms with Crippen molar-refractivity contribution in [3.8, 4) is 0 Å². The summed E-state index contributed by atoms with van der Waals surface area (Å²) in [6.07, 6.45) is 2.20. The van der Waals surface area contributed by atoms with Gasteiger partial charge in [-0.1, -0.05) is 41.9 Å². The highest BCUT2D eigenvalue weighted by Crippen LogP contribution is 2.41. The summed E-state index contributed by atoms with van der Waals surface area (Å²) >= 11 is 6.27. The Hall–Kier alpha value is -2.70. The number of hydrogen-bond donors (Lipinski definition) is 0. The Morgan fingerprint density at radius 2 is 1.93 bits per heavy atom. The molecule has 0 amide bonds. The monoisotopic (exact) mass is 408 g/mol. The van der Waals surface area contributed by atoms with E-state index in [1.54, 1.807) is 0 Å². The van der Waals surface area contributed by atoms with E-state index in [9.17, 15) is 0 Å². The molecule has 0 atom stereocenters. The highest BCUT2D eigenvalue weighted by molar-refractivity contribution is 6.34. The summed E-state index contributed by atoms with van der Waals surface area (Å²) in [6.45, 7) is 5.42. The maximum Gasteiger partial charge on any atom is 0.231 e. The molecule has 148 valence electrons. The van der Waals surface area contributed by atoms with Gasteiger partial charge in [0.2, 0.25) is 5.71 Å². The zero-order valence-corrected chi connectivity index (χ0v) is 17.3. The number of fused-ring (bicyclic) bond motifs is 5. The first-order valence-corrected chi connectivity index (χ1v) is 9.94. The van der Waals surface area contributed by atoms with Crippen LogP contribution in [0.1, 0.15) is 30.5 Å². The van der Waals surface area contributed by atoms with Crippen molar-refractivity contribution in [3.05, 3.63) is 58.5 Å². The molecule has 1 aliphatic rings. The Morgan fingerprint density at radius 1 is 1.14 bits per heavy atom. The Bertz CT molecular complexity index is 1220. The smallest absolute Gasteiger partial charge is 0.231 e. The highest BCUT2D eigenvalue weighted by atomic mass is 35.5. The van der Waals surface area contributed by atoms with Crippen LogP contribution in [0.2, 0.25) is 5.15 Å². The molecule has 0 aliphatic carbocycles. The number of rotatable bonds is 3. The predicted molar refractivity (Wildman–Crippen MR) is 113 cm³/mol. The third-order valence-corrected chi connectivity index (χ3v) is 5.66. The lowest BCUT2D eigenvalue weighted by Crippen LogP contribution is -2.33. The van der Waals surface area contributed by atoms with Gasteiger partial charge in [-0.3, -0.25) is 0 Å². The van der Waals surface area contributed by atoms with Crippen molar-refractivity contribution in [1.29, 1.82) is 0 Å². The lowest BCUT2D eigenvalue weighted by Gasteiger charge is -2.34. The average Bonchev–Trinajstić information content (AvgIpc) is 3.07. The van der Waals surface area contributed by atoms with Crippen LogP contribution in [0.25, 0.3) is 22.2 Å². The molecule has 0 spiro atoms. The van der Waals surface area contributed by atoms with Gasteiger partial charge in [0.1, 0.15) is 17.7 Å². The number of hydrogen-bond acceptors (Lipinski definition) is 6. The Balaban J connectivity index is 1.73. The quantitative estimate of drug-likeness (QED) is 0.449. The maximum absolute atomic E-state index is 6.27. The Kier molecular flexibility index (Phi) is 4.22. The lowest BCUT2D eigenvalue weighted by molar-refractivity contribution is -0.0395. The first kappa shape index (κ1) is 18.3. The summed E-state index contributed by atoms with van der Waals surface area (Å²) in [5, 5.41) is 1.21. The number of furan rings is 1. The fourth-order valence-electron chi connectivity index (χ4n) is 4.01. The highest BCUT2D eigenvalue weighted by Gasteiger charge is 2.33. The lowest BCUT2D eigenvalue weighted by atomic mass is 9.90. The van der Waals surface area contributed by atoms with Crippen LogP contribution >= 0.6 is 11.6 Å². The molecule has 0 N–H and O–H groups in total. The number of nitrogens with zero attached hydrogens (tertiary/aromatic N) is 4. The summed E-state index contributed by atoms with van der Waals surface area (Å²) in [5.41, 5.74) is 4.89. The van der Waals surface area contributed by atoms with Crippen molar-refractivity contribution in [3.63, 3.8) is 0 Å². The molecule has 6 nitrogen and oxygen atoms in total. The fourth-order valence-corrected chi connectivity index (χ4v) is 4.18. The molecule has 5 rings (SSSR count). The second-order valence-corrected chi connectivity index (χ2v) is 8.44. The van der Waals surface area contributed by atoms with Crippen LogP contribution in [0.15, 0.2) is 41.1 Å². The van der Waals surface area contributed by atoms with Crippen LogP contribution in [0.5, 0.6) is 0 Å². The first-order valence-electron chi connectivity index (χ1n) is 9.56. The van der Waals surface area contributed by atoms with Gasteiger partial charge >= 0.3 is 0 Å². The van der Waals surface area contributed by atoms with Gasteiger partial charge in [-0.15, -0.1) is 0 Å². The van der Waals surface area contributed by atoms with Crippen LogP contribution in [0, 0.1) is 0 Å². The number of ether oxygens (including phenoxy) is 1. The van der Waals surface area contributed by atoms with Crippen molar-refractivity contribution >= 4 is 39.6 Å². The molecule has 0 unspecified atom stereocenters. The fraction of sp³-hybridized carbons (Fsp3) is 0.318. The van der Waals surface area contributed by atoms with Gasteiger partial charge in [0.15, 0.2) is 10.7 Å². The third-order valence-electron chi connectivity index (χ3n) is 5.39. The predicted octanol–water partition coefficient (Wildman–Crippen LogP) is 4.91. The van der Waals surface area contributed by atoms with Gasteiger partial charge in [0, 0.05) is 25.6 Å². The van der Waals surface area contributed by atoms with Gasteiger partial charge in [-0.05, 0) is 25.0 Å². The molecule has 3 aromatic heterocycles. The van der Waals surface area contributed by atoms with Gasteiger partial charge in [0.05, 0.1) is 17.6 Å². The van der Waals surface area contributed by atoms with Crippen LogP contribution in [-0.4, -0.2) is 27.6 Å². The molecule has 4 heterocycles. The molecule has 1 aliphatic heterocycles. The number of pyridine rings is 1. The van der Waals surface area contributed by atoms with Gasteiger partial charge in [-0.25, -0.2) is 9.97 Å². The molecule has 0 bridgehead atoms. The minimum Gasteiger partial charge on any atom is -0.433 e. The van der Waals surface area contributed by atoms with Gasteiger partial charge in [-0.2, -0.15) is 4.98 Å². The van der Waals surface area contributed by atoms with Crippen LogP contribution in [0.4, 0.5) is 5.82 Å². The molecular formula is C22H21ClN4O2. The number of halogens is 1. The summed E-state index contributed by atoms with van der Waals surface area (Å²) in [7, 11) is 2.04. The summed E-state index contributed by atoms with van der Waals surface area (Å²) in [5.74, 6) is 0.856. The number of aromatic nitrogens is 3. The zero-order valence-electron chi connectivity index (χ0n) is 16.6. The summed E-state index contributed by atoms with van der Waals surface area (Å²) in [6, 6.07) is 10.3. The van der Waals surface area contributed by atoms with Crippen molar-refractivity contribution in [2.45, 2.75) is 39.0 Å². The SMILES string of the molecule is CN(Cc1ccccc1)c1nc2oc3c(Cl)ncnc3c2c2c1COC(C)(C)C2. The molecule has 0 saturated heterocycles. The summed E-state index contributed by atoms with van der Waals surface area (Å²) < 4.78 is 12.2. The van der Waals surface area contributed by atoms with Gasteiger partial charge < -0.3 is 14.1 Å². The van der Waals surface area contributed by atoms with Crippen molar-refractivity contribution in [2.75, 3.05) is 11.9 Å². The largest absolute Gasteiger partial charge is 0.433 e. The summed E-state index contributed by atoms with van der Waals surface area (Å²) in [4.78, 5) is 15.5. The van der Waals surface area contributed by atoms with E-state index < -0.39 is 0 Å². The topological polar surface area (TPSA) is 64.3 Å². The molecular weight excluding hydrogens is 388 g/mol. The van der Waals surface area contributed by atoms with E-state index in [1.165, 1.54) is 11.9 Å². The van der Waals surface area contributed by atoms with E-state index in [2.05, 4.69) is 40.8 Å². The van der Waals surface area contributed by atoms with Gasteiger partial charge in [0.25, 0.3) is 0 Å². The van der Waals surface area contributed by atoms with Crippen LogP contribution in [-0.2, 0) is 24.3 Å². The number of anilines is 1. The van der Waals surface area contributed by atoms with E-state index in [-0.39, 0.29) is 5.60 Å². The second-order valence-electron chi connectivity index (χ2n) is 8.08. The van der Waals surface area contributed by atoms with E-state index in [0.717, 1.165) is 35.3 Å². The minimum absolute atomic E-state index is 0.281. The average molecular weight is 409 g/mol. The molecule has 0 radical (unpaired) electrons. The molecule has 4 aromatic rings. The third kappa shape index (κ3) is 3.12. The van der Waals surface area contributed by atoms with E-state index in [0.29, 0.717) is 28.6 Å². The van der Waals surface area contributed by atoms with Crippen molar-refractivity contribution in [1.82, 2.24) is 15.0 Å². The van der Waals surface area contributed by atoms with Crippen molar-refractivity contribution < 1.29 is 9.15 Å². The van der Waals surface area contributed by atoms with Crippen LogP contribution in [0.3, 0.4) is 0 Å². The van der Waals surface area contributed by atoms with E-state index in [4.69, 9.17) is 25.7 Å². The Labute approximate surface area is 173 Å². The molecule has 29 heavy (non-hydrogen) atoms. The Morgan fingerprint density at radius 3 is 2.72 bits per heavy atom. The molecule has 7 heteroatoms. The minimum atomic E-state index is -0.281. The molecule has 0 saturated carbocycles. The van der Waals surface area contributed by atoms with Crippen LogP contribution < -0.4 is 4.90 Å². The molecule has 0 fully saturated rings. The normalized spacial score (nSPS) is 15.6. The first-order chi connectivity index (χ1) is 13.9. The number of benzene rings is 1. The maximum atomic E-state index is 6.27.